The highest BCUT2D eigenvalue weighted by molar-refractivity contribution is 7.71. The number of benzene rings is 1. The Bertz CT molecular complexity index is 1240. The Balaban J connectivity index is 1.66. The van der Waals surface area contributed by atoms with Crippen molar-refractivity contribution in [3.63, 3.8) is 0 Å². The number of anilines is 2. The second-order valence-corrected chi connectivity index (χ2v) is 9.04. The molecule has 1 aliphatic rings. The van der Waals surface area contributed by atoms with Crippen LogP contribution < -0.4 is 16.4 Å². The third kappa shape index (κ3) is 5.01. The van der Waals surface area contributed by atoms with Crippen molar-refractivity contribution in [3.05, 3.63) is 69.4 Å². The molecule has 178 valence electrons. The Morgan fingerprint density at radius 2 is 2.03 bits per heavy atom. The van der Waals surface area contributed by atoms with E-state index in [0.29, 0.717) is 16.9 Å². The van der Waals surface area contributed by atoms with Crippen LogP contribution in [0.25, 0.3) is 5.69 Å². The quantitative estimate of drug-likeness (QED) is 0.451. The minimum Gasteiger partial charge on any atom is -0.383 e. The van der Waals surface area contributed by atoms with Gasteiger partial charge in [-0.1, -0.05) is 30.8 Å². The Labute approximate surface area is 204 Å². The maximum Gasteiger partial charge on any atom is 0.262 e. The number of nitrogens with two attached hydrogens (primary N) is 1. The first-order valence-electron chi connectivity index (χ1n) is 11.3. The van der Waals surface area contributed by atoms with Gasteiger partial charge < -0.3 is 21.1 Å². The second-order valence-electron chi connectivity index (χ2n) is 8.65. The molecule has 0 aliphatic carbocycles. The SMILES string of the molecule is COCc1cc(C)c(-n2cnc(N)c(C(=O)Nc3cncc([C@H]4CCCCN4)c3)c2=S)c(C)c1. The molecule has 1 aliphatic heterocycles. The molecule has 0 radical (unpaired) electrons. The van der Waals surface area contributed by atoms with Crippen molar-refractivity contribution in [2.45, 2.75) is 45.8 Å². The molecular formula is C25H30N6O2S. The second kappa shape index (κ2) is 10.4. The fraction of sp³-hybridized carbons (Fsp3) is 0.360. The zero-order chi connectivity index (χ0) is 24.2. The molecule has 34 heavy (non-hydrogen) atoms. The number of piperidine rings is 1. The van der Waals surface area contributed by atoms with Crippen LogP contribution in [0.1, 0.15) is 57.9 Å². The zero-order valence-electron chi connectivity index (χ0n) is 19.7. The number of ether oxygens (including phenoxy) is 1. The molecule has 8 nitrogen and oxygen atoms in total. The number of nitrogen functional groups attached to an aromatic ring is 1. The van der Waals surface area contributed by atoms with Gasteiger partial charge in [-0.25, -0.2) is 4.98 Å². The van der Waals surface area contributed by atoms with Gasteiger partial charge in [0.2, 0.25) is 0 Å². The van der Waals surface area contributed by atoms with E-state index in [2.05, 4.69) is 20.6 Å². The van der Waals surface area contributed by atoms with Crippen molar-refractivity contribution in [2.24, 2.45) is 0 Å². The average molecular weight is 479 g/mol. The van der Waals surface area contributed by atoms with Crippen LogP contribution in [-0.4, -0.2) is 34.1 Å². The summed E-state index contributed by atoms with van der Waals surface area (Å²) in [5.41, 5.74) is 11.9. The summed E-state index contributed by atoms with van der Waals surface area (Å²) in [7, 11) is 1.67. The zero-order valence-corrected chi connectivity index (χ0v) is 20.5. The van der Waals surface area contributed by atoms with E-state index in [1.165, 1.54) is 12.8 Å². The van der Waals surface area contributed by atoms with Gasteiger partial charge in [0.25, 0.3) is 5.91 Å². The van der Waals surface area contributed by atoms with Crippen LogP contribution in [0.5, 0.6) is 0 Å². The molecule has 9 heteroatoms. The molecule has 0 unspecified atom stereocenters. The highest BCUT2D eigenvalue weighted by Crippen LogP contribution is 2.26. The number of methoxy groups -OCH3 is 1. The number of nitrogens with zero attached hydrogens (tertiary/aromatic N) is 3. The van der Waals surface area contributed by atoms with Gasteiger partial charge in [-0.3, -0.25) is 14.3 Å². The average Bonchev–Trinajstić information content (AvgIpc) is 2.81. The fourth-order valence-corrected chi connectivity index (χ4v) is 4.90. The number of nitrogens with one attached hydrogen (secondary N) is 2. The van der Waals surface area contributed by atoms with Crippen molar-refractivity contribution in [2.75, 3.05) is 24.7 Å². The van der Waals surface area contributed by atoms with Gasteiger partial charge in [-0.05, 0) is 61.6 Å². The largest absolute Gasteiger partial charge is 0.383 e. The number of rotatable bonds is 6. The Morgan fingerprint density at radius 1 is 1.26 bits per heavy atom. The highest BCUT2D eigenvalue weighted by Gasteiger charge is 2.20. The number of carbonyl (C=O) groups is 1. The van der Waals surface area contributed by atoms with Crippen LogP contribution in [-0.2, 0) is 11.3 Å². The summed E-state index contributed by atoms with van der Waals surface area (Å²) in [6.07, 6.45) is 8.42. The third-order valence-electron chi connectivity index (χ3n) is 6.06. The molecule has 1 fully saturated rings. The lowest BCUT2D eigenvalue weighted by atomic mass is 9.99. The van der Waals surface area contributed by atoms with Crippen molar-refractivity contribution in [3.8, 4) is 5.69 Å². The summed E-state index contributed by atoms with van der Waals surface area (Å²) in [5.74, 6) is -0.325. The maximum absolute atomic E-state index is 13.3. The molecule has 1 saturated heterocycles. The first kappa shape index (κ1) is 24.0. The van der Waals surface area contributed by atoms with E-state index in [1.807, 2.05) is 38.2 Å². The lowest BCUT2D eigenvalue weighted by molar-refractivity contribution is 0.102. The number of carbonyl (C=O) groups excluding carboxylic acids is 1. The Morgan fingerprint density at radius 3 is 2.71 bits per heavy atom. The molecule has 4 rings (SSSR count). The summed E-state index contributed by atoms with van der Waals surface area (Å²) in [4.78, 5) is 21.9. The molecule has 1 amide bonds. The first-order chi connectivity index (χ1) is 16.4. The van der Waals surface area contributed by atoms with Crippen LogP contribution in [0.3, 0.4) is 0 Å². The number of hydrogen-bond donors (Lipinski definition) is 3. The van der Waals surface area contributed by atoms with E-state index in [1.54, 1.807) is 24.2 Å². The number of aromatic nitrogens is 3. The van der Waals surface area contributed by atoms with Crippen molar-refractivity contribution >= 4 is 29.6 Å². The molecule has 4 N–H and O–H groups in total. The highest BCUT2D eigenvalue weighted by atomic mass is 32.1. The topological polar surface area (TPSA) is 107 Å². The van der Waals surface area contributed by atoms with Gasteiger partial charge in [-0.2, -0.15) is 0 Å². The van der Waals surface area contributed by atoms with Gasteiger partial charge in [-0.15, -0.1) is 0 Å². The molecule has 0 spiro atoms. The van der Waals surface area contributed by atoms with Crippen LogP contribution in [0.2, 0.25) is 0 Å². The van der Waals surface area contributed by atoms with Crippen LogP contribution in [0.15, 0.2) is 36.9 Å². The number of hydrogen-bond acceptors (Lipinski definition) is 7. The molecule has 1 atom stereocenters. The maximum atomic E-state index is 13.3. The van der Waals surface area contributed by atoms with Crippen molar-refractivity contribution in [1.29, 1.82) is 0 Å². The van der Waals surface area contributed by atoms with E-state index in [9.17, 15) is 4.79 Å². The van der Waals surface area contributed by atoms with Gasteiger partial charge in [0.15, 0.2) is 0 Å². The Hall–Kier alpha value is -3.14. The molecule has 1 aromatic carbocycles. The van der Waals surface area contributed by atoms with E-state index in [4.69, 9.17) is 22.7 Å². The molecular weight excluding hydrogens is 448 g/mol. The minimum atomic E-state index is -0.411. The monoisotopic (exact) mass is 478 g/mol. The summed E-state index contributed by atoms with van der Waals surface area (Å²) in [6, 6.07) is 6.27. The van der Waals surface area contributed by atoms with Crippen LogP contribution in [0.4, 0.5) is 11.5 Å². The number of aryl methyl sites for hydroxylation is 2. The summed E-state index contributed by atoms with van der Waals surface area (Å²) in [5, 5.41) is 6.41. The van der Waals surface area contributed by atoms with E-state index < -0.39 is 5.91 Å². The molecule has 3 heterocycles. The fourth-order valence-electron chi connectivity index (χ4n) is 4.56. The normalized spacial score (nSPS) is 15.8. The van der Waals surface area contributed by atoms with Gasteiger partial charge in [0, 0.05) is 19.3 Å². The number of amides is 1. The lowest BCUT2D eigenvalue weighted by Crippen LogP contribution is -2.27. The van der Waals surface area contributed by atoms with Gasteiger partial charge in [0.05, 0.1) is 24.2 Å². The van der Waals surface area contributed by atoms with Crippen LogP contribution in [0, 0.1) is 18.5 Å². The molecule has 0 saturated carbocycles. The summed E-state index contributed by atoms with van der Waals surface area (Å²) in [6.45, 7) is 5.49. The van der Waals surface area contributed by atoms with Crippen molar-refractivity contribution in [1.82, 2.24) is 19.9 Å². The number of pyridine rings is 1. The molecule has 0 bridgehead atoms. The van der Waals surface area contributed by atoms with E-state index in [-0.39, 0.29) is 17.4 Å². The predicted molar refractivity (Wildman–Crippen MR) is 136 cm³/mol. The van der Waals surface area contributed by atoms with E-state index in [0.717, 1.165) is 40.9 Å². The lowest BCUT2D eigenvalue weighted by Gasteiger charge is -2.23. The third-order valence-corrected chi connectivity index (χ3v) is 6.46. The predicted octanol–water partition coefficient (Wildman–Crippen LogP) is 4.41. The standard InChI is InChI=1S/C25H30N6O2S/c1-15-8-17(13-33-3)9-16(2)22(15)31-14-29-23(26)21(25(31)34)24(32)30-19-10-18(11-27-12-19)20-6-4-5-7-28-20/h8-12,14,20,28H,4-7,13,26H2,1-3H3,(H,30,32)/t20-/m1/s1. The van der Waals surface area contributed by atoms with Gasteiger partial charge in [0.1, 0.15) is 22.3 Å². The smallest absolute Gasteiger partial charge is 0.262 e. The first-order valence-corrected chi connectivity index (χ1v) is 11.8. The van der Waals surface area contributed by atoms with Gasteiger partial charge >= 0.3 is 0 Å². The summed E-state index contributed by atoms with van der Waals surface area (Å²) >= 11 is 5.72. The summed E-state index contributed by atoms with van der Waals surface area (Å²) < 4.78 is 7.30. The van der Waals surface area contributed by atoms with Crippen LogP contribution >= 0.6 is 12.2 Å². The minimum absolute atomic E-state index is 0.0862. The Kier molecular flexibility index (Phi) is 7.35. The molecule has 3 aromatic rings. The molecule has 2 aromatic heterocycles. The van der Waals surface area contributed by atoms with E-state index >= 15 is 0 Å². The van der Waals surface area contributed by atoms with Crippen molar-refractivity contribution < 1.29 is 9.53 Å².